The van der Waals surface area contributed by atoms with E-state index in [0.29, 0.717) is 11.1 Å². The van der Waals surface area contributed by atoms with Crippen molar-refractivity contribution >= 4 is 17.7 Å². The molecule has 4 rings (SSSR count). The van der Waals surface area contributed by atoms with Gasteiger partial charge in [0.2, 0.25) is 0 Å². The lowest BCUT2D eigenvalue weighted by Gasteiger charge is -2.25. The van der Waals surface area contributed by atoms with E-state index in [1.165, 1.54) is 49.3 Å². The maximum Gasteiger partial charge on any atom is 0.431 e. The molecule has 1 amide bonds. The number of aliphatic imine (C=N–C) groups is 1. The Balaban J connectivity index is 1.61. The molecule has 3 N–H and O–H groups in total. The molecule has 0 aromatic heterocycles. The largest absolute Gasteiger partial charge is 0.489 e. The minimum Gasteiger partial charge on any atom is -0.489 e. The van der Waals surface area contributed by atoms with E-state index in [1.54, 1.807) is 30.3 Å². The van der Waals surface area contributed by atoms with Gasteiger partial charge in [-0.15, -0.1) is 0 Å². The van der Waals surface area contributed by atoms with Gasteiger partial charge in [0.15, 0.2) is 0 Å². The number of benzene rings is 3. The minimum absolute atomic E-state index is 0.0121. The molecule has 3 aromatic rings. The maximum atomic E-state index is 13.9. The quantitative estimate of drug-likeness (QED) is 0.160. The molecule has 1 aliphatic rings. The molecule has 0 aliphatic carbocycles. The van der Waals surface area contributed by atoms with Gasteiger partial charge in [-0.05, 0) is 53.9 Å². The molecule has 1 unspecified atom stereocenters. The second-order valence-corrected chi connectivity index (χ2v) is 10.4. The molecule has 0 radical (unpaired) electrons. The highest BCUT2D eigenvalue weighted by atomic mass is 19.4. The van der Waals surface area contributed by atoms with Crippen LogP contribution in [-0.2, 0) is 28.9 Å². The van der Waals surface area contributed by atoms with E-state index >= 15 is 0 Å². The molecule has 0 saturated heterocycles. The molecule has 46 heavy (non-hydrogen) atoms. The van der Waals surface area contributed by atoms with Crippen LogP contribution in [0, 0.1) is 0 Å². The third-order valence-electron chi connectivity index (χ3n) is 7.05. The first-order valence-corrected chi connectivity index (χ1v) is 13.9. The van der Waals surface area contributed by atoms with Gasteiger partial charge < -0.3 is 25.4 Å². The minimum atomic E-state index is -5.12. The van der Waals surface area contributed by atoms with Crippen molar-refractivity contribution in [2.75, 3.05) is 20.2 Å². The number of esters is 1. The Morgan fingerprint density at radius 2 is 1.65 bits per heavy atom. The summed E-state index contributed by atoms with van der Waals surface area (Å²) in [7, 11) is 1.21. The van der Waals surface area contributed by atoms with Gasteiger partial charge in [0.05, 0.1) is 30.8 Å². The van der Waals surface area contributed by atoms with E-state index in [-0.39, 0.29) is 43.1 Å². The number of carbonyl (C=O) groups is 2. The lowest BCUT2D eigenvalue weighted by molar-refractivity contribution is -0.137. The standard InChI is InChI=1S/C32H30F6N4O4/c1-19(22-8-10-23(11-9-22)30(44)45-2)41-29(43)26(27(39)32(36,37)38)28-40-12-13-42(28)17-21-14-24(31(33,34)35)16-25(15-21)46-18-20-6-4-3-5-7-20/h3-11,14-16,19H,12-13,17-18,39H2,1-2H3,(H,41,43). The van der Waals surface area contributed by atoms with Crippen LogP contribution in [0.15, 0.2) is 89.1 Å². The zero-order chi connectivity index (χ0) is 33.6. The number of ether oxygens (including phenoxy) is 2. The van der Waals surface area contributed by atoms with Crippen molar-refractivity contribution in [3.63, 3.8) is 0 Å². The third kappa shape index (κ3) is 8.37. The lowest BCUT2D eigenvalue weighted by atomic mass is 10.0. The predicted octanol–water partition coefficient (Wildman–Crippen LogP) is 5.94. The van der Waals surface area contributed by atoms with Crippen molar-refractivity contribution in [1.29, 1.82) is 0 Å². The number of hydrogen-bond acceptors (Lipinski definition) is 7. The fourth-order valence-electron chi connectivity index (χ4n) is 4.70. The fraction of sp³-hybridized carbons (Fsp3) is 0.281. The van der Waals surface area contributed by atoms with E-state index in [9.17, 15) is 35.9 Å². The van der Waals surface area contributed by atoms with Crippen LogP contribution in [0.4, 0.5) is 26.3 Å². The van der Waals surface area contributed by atoms with E-state index in [1.807, 2.05) is 0 Å². The van der Waals surface area contributed by atoms with Crippen LogP contribution >= 0.6 is 0 Å². The number of amides is 1. The van der Waals surface area contributed by atoms with Crippen LogP contribution in [0.3, 0.4) is 0 Å². The zero-order valence-electron chi connectivity index (χ0n) is 24.7. The van der Waals surface area contributed by atoms with Crippen molar-refractivity contribution in [1.82, 2.24) is 10.2 Å². The maximum absolute atomic E-state index is 13.9. The van der Waals surface area contributed by atoms with Crippen molar-refractivity contribution < 1.29 is 45.4 Å². The lowest BCUT2D eigenvalue weighted by Crippen LogP contribution is -2.40. The van der Waals surface area contributed by atoms with Gasteiger partial charge in [-0.25, -0.2) is 4.79 Å². The third-order valence-corrected chi connectivity index (χ3v) is 7.05. The average molecular weight is 649 g/mol. The Kier molecular flexibility index (Phi) is 10.3. The predicted molar refractivity (Wildman–Crippen MR) is 157 cm³/mol. The summed E-state index contributed by atoms with van der Waals surface area (Å²) in [5.41, 5.74) is 3.27. The molecule has 3 aromatic carbocycles. The van der Waals surface area contributed by atoms with E-state index < -0.39 is 52.9 Å². The van der Waals surface area contributed by atoms with E-state index in [0.717, 1.165) is 12.1 Å². The Morgan fingerprint density at radius 1 is 0.978 bits per heavy atom. The van der Waals surface area contributed by atoms with Crippen LogP contribution < -0.4 is 15.8 Å². The van der Waals surface area contributed by atoms with Gasteiger partial charge >= 0.3 is 18.3 Å². The summed E-state index contributed by atoms with van der Waals surface area (Å²) < 4.78 is 93.4. The number of nitrogens with zero attached hydrogens (tertiary/aromatic N) is 2. The number of halogens is 6. The van der Waals surface area contributed by atoms with Crippen LogP contribution in [0.1, 0.15) is 45.6 Å². The SMILES string of the molecule is COC(=O)c1ccc(C(C)NC(=O)C(C2=NCCN2Cc2cc(OCc3ccccc3)cc(C(F)(F)F)c2)=C(N)C(F)(F)F)cc1. The zero-order valence-corrected chi connectivity index (χ0v) is 24.7. The summed E-state index contributed by atoms with van der Waals surface area (Å²) in [6.07, 6.45) is -9.86. The highest BCUT2D eigenvalue weighted by Gasteiger charge is 2.40. The van der Waals surface area contributed by atoms with Gasteiger partial charge in [0.25, 0.3) is 5.91 Å². The Hall–Kier alpha value is -5.01. The number of carbonyl (C=O) groups excluding carboxylic acids is 2. The second-order valence-electron chi connectivity index (χ2n) is 10.4. The molecule has 1 heterocycles. The van der Waals surface area contributed by atoms with Gasteiger partial charge in [-0.1, -0.05) is 42.5 Å². The number of nitrogens with one attached hydrogen (secondary N) is 1. The summed E-state index contributed by atoms with van der Waals surface area (Å²) in [6.45, 7) is 1.16. The van der Waals surface area contributed by atoms with E-state index in [2.05, 4.69) is 15.0 Å². The first-order chi connectivity index (χ1) is 21.7. The number of allylic oxidation sites excluding steroid dienone is 1. The van der Waals surface area contributed by atoms with Gasteiger partial charge in [-0.3, -0.25) is 9.79 Å². The van der Waals surface area contributed by atoms with Crippen LogP contribution in [-0.4, -0.2) is 49.0 Å². The molecule has 0 spiro atoms. The average Bonchev–Trinajstić information content (AvgIpc) is 3.46. The molecule has 0 fully saturated rings. The van der Waals surface area contributed by atoms with Crippen LogP contribution in [0.2, 0.25) is 0 Å². The number of hydrogen-bond donors (Lipinski definition) is 2. The number of alkyl halides is 6. The van der Waals surface area contributed by atoms with E-state index in [4.69, 9.17) is 10.5 Å². The Morgan fingerprint density at radius 3 is 2.26 bits per heavy atom. The first-order valence-electron chi connectivity index (χ1n) is 13.9. The molecule has 0 saturated carbocycles. The fourth-order valence-corrected chi connectivity index (χ4v) is 4.70. The monoisotopic (exact) mass is 648 g/mol. The van der Waals surface area contributed by atoms with Gasteiger partial charge in [0, 0.05) is 13.1 Å². The number of rotatable bonds is 10. The number of nitrogens with two attached hydrogens (primary N) is 1. The number of amidine groups is 1. The Bertz CT molecular complexity index is 1620. The topological polar surface area (TPSA) is 106 Å². The second kappa shape index (κ2) is 14.0. The summed E-state index contributed by atoms with van der Waals surface area (Å²) >= 11 is 0. The number of methoxy groups -OCH3 is 1. The van der Waals surface area contributed by atoms with Crippen molar-refractivity contribution in [3.8, 4) is 5.75 Å². The molecule has 1 aliphatic heterocycles. The Labute approximate surface area is 260 Å². The summed E-state index contributed by atoms with van der Waals surface area (Å²) in [5, 5.41) is 2.47. The van der Waals surface area contributed by atoms with Gasteiger partial charge in [0.1, 0.15) is 29.5 Å². The molecule has 14 heteroatoms. The van der Waals surface area contributed by atoms with Gasteiger partial charge in [-0.2, -0.15) is 26.3 Å². The van der Waals surface area contributed by atoms with Crippen LogP contribution in [0.5, 0.6) is 5.75 Å². The molecule has 244 valence electrons. The van der Waals surface area contributed by atoms with Crippen molar-refractivity contribution in [3.05, 3.63) is 112 Å². The molecule has 0 bridgehead atoms. The highest BCUT2D eigenvalue weighted by molar-refractivity contribution is 6.21. The smallest absolute Gasteiger partial charge is 0.431 e. The highest BCUT2D eigenvalue weighted by Crippen LogP contribution is 2.34. The summed E-state index contributed by atoms with van der Waals surface area (Å²) in [6, 6.07) is 16.8. The normalized spacial score (nSPS) is 14.7. The molecule has 1 atom stereocenters. The summed E-state index contributed by atoms with van der Waals surface area (Å²) in [4.78, 5) is 30.5. The van der Waals surface area contributed by atoms with Crippen molar-refractivity contribution in [2.24, 2.45) is 10.7 Å². The molecular formula is C32H30F6N4O4. The molecular weight excluding hydrogens is 618 g/mol. The summed E-state index contributed by atoms with van der Waals surface area (Å²) in [5.74, 6) is -2.30. The first kappa shape index (κ1) is 33.9. The van der Waals surface area contributed by atoms with Crippen LogP contribution in [0.25, 0.3) is 0 Å². The molecule has 8 nitrogen and oxygen atoms in total. The van der Waals surface area contributed by atoms with Crippen molar-refractivity contribution in [2.45, 2.75) is 38.5 Å².